The number of tetrazole rings is 1. The smallest absolute Gasteiger partial charge is 0.247 e. The molecule has 0 unspecified atom stereocenters. The van der Waals surface area contributed by atoms with Gasteiger partial charge in [0, 0.05) is 17.8 Å². The summed E-state index contributed by atoms with van der Waals surface area (Å²) in [6, 6.07) is 8.15. The van der Waals surface area contributed by atoms with Crippen LogP contribution in [-0.2, 0) is 19.3 Å². The predicted octanol–water partition coefficient (Wildman–Crippen LogP) is 2.96. The molecule has 0 radical (unpaired) electrons. The Labute approximate surface area is 144 Å². The average molecular weight is 340 g/mol. The van der Waals surface area contributed by atoms with E-state index in [1.54, 1.807) is 4.68 Å². The molecule has 0 bridgehead atoms. The van der Waals surface area contributed by atoms with E-state index >= 15 is 0 Å². The first-order valence-electron chi connectivity index (χ1n) is 8.36. The summed E-state index contributed by atoms with van der Waals surface area (Å²) in [7, 11) is 0. The van der Waals surface area contributed by atoms with Gasteiger partial charge in [0.15, 0.2) is 0 Å². The molecule has 3 aromatic rings. The lowest BCUT2D eigenvalue weighted by Gasteiger charge is -2.06. The van der Waals surface area contributed by atoms with Crippen molar-refractivity contribution >= 4 is 17.3 Å². The van der Waals surface area contributed by atoms with Gasteiger partial charge in [0.25, 0.3) is 0 Å². The first-order chi connectivity index (χ1) is 11.8. The van der Waals surface area contributed by atoms with Crippen LogP contribution in [0.1, 0.15) is 34.0 Å². The molecule has 0 amide bonds. The van der Waals surface area contributed by atoms with Crippen LogP contribution in [-0.4, -0.2) is 31.7 Å². The first-order valence-corrected chi connectivity index (χ1v) is 9.18. The number of nitrogens with one attached hydrogen (secondary N) is 1. The van der Waals surface area contributed by atoms with Gasteiger partial charge in [-0.3, -0.25) is 0 Å². The SMILES string of the molecule is Cc1ccc(-n2nnnc2NCCc2nc3c(s2)CCCC3)cc1. The zero-order valence-electron chi connectivity index (χ0n) is 13.7. The Kier molecular flexibility index (Phi) is 4.25. The number of aromatic nitrogens is 5. The molecule has 0 saturated carbocycles. The largest absolute Gasteiger partial charge is 0.352 e. The second-order valence-electron chi connectivity index (χ2n) is 6.11. The van der Waals surface area contributed by atoms with Gasteiger partial charge in [0.05, 0.1) is 16.4 Å². The van der Waals surface area contributed by atoms with Crippen molar-refractivity contribution in [1.29, 1.82) is 0 Å². The molecular formula is C17H20N6S. The number of nitrogens with zero attached hydrogens (tertiary/aromatic N) is 5. The maximum atomic E-state index is 4.78. The number of hydrogen-bond acceptors (Lipinski definition) is 6. The fraction of sp³-hybridized carbons (Fsp3) is 0.412. The quantitative estimate of drug-likeness (QED) is 0.773. The molecule has 4 rings (SSSR count). The summed E-state index contributed by atoms with van der Waals surface area (Å²) in [5, 5.41) is 16.5. The summed E-state index contributed by atoms with van der Waals surface area (Å²) in [5.74, 6) is 0.667. The van der Waals surface area contributed by atoms with Gasteiger partial charge in [-0.05, 0) is 55.2 Å². The summed E-state index contributed by atoms with van der Waals surface area (Å²) in [4.78, 5) is 6.27. The van der Waals surface area contributed by atoms with Crippen molar-refractivity contribution in [2.45, 2.75) is 39.0 Å². The van der Waals surface area contributed by atoms with E-state index < -0.39 is 0 Å². The van der Waals surface area contributed by atoms with Crippen molar-refractivity contribution in [3.05, 3.63) is 45.4 Å². The highest BCUT2D eigenvalue weighted by Gasteiger charge is 2.15. The third kappa shape index (κ3) is 3.17. The number of aryl methyl sites for hydroxylation is 3. The van der Waals surface area contributed by atoms with Crippen molar-refractivity contribution in [3.8, 4) is 5.69 Å². The Morgan fingerprint density at radius 3 is 2.83 bits per heavy atom. The molecule has 0 saturated heterocycles. The first kappa shape index (κ1) is 15.3. The summed E-state index contributed by atoms with van der Waals surface area (Å²) < 4.78 is 1.73. The molecule has 1 aliphatic rings. The van der Waals surface area contributed by atoms with E-state index in [-0.39, 0.29) is 0 Å². The second-order valence-corrected chi connectivity index (χ2v) is 7.28. The highest BCUT2D eigenvalue weighted by Crippen LogP contribution is 2.26. The molecule has 124 valence electrons. The van der Waals surface area contributed by atoms with E-state index in [1.807, 2.05) is 23.5 Å². The molecule has 2 aromatic heterocycles. The molecular weight excluding hydrogens is 320 g/mol. The molecule has 0 aliphatic heterocycles. The van der Waals surface area contributed by atoms with Gasteiger partial charge in [-0.1, -0.05) is 22.8 Å². The molecule has 1 aromatic carbocycles. The lowest BCUT2D eigenvalue weighted by atomic mass is 10.0. The fourth-order valence-electron chi connectivity index (χ4n) is 2.95. The Bertz CT molecular complexity index is 796. The molecule has 0 spiro atoms. The van der Waals surface area contributed by atoms with Crippen molar-refractivity contribution in [1.82, 2.24) is 25.2 Å². The molecule has 0 atom stereocenters. The number of anilines is 1. The lowest BCUT2D eigenvalue weighted by Crippen LogP contribution is -2.10. The summed E-state index contributed by atoms with van der Waals surface area (Å²) in [6.45, 7) is 2.84. The Morgan fingerprint density at radius 2 is 2.00 bits per heavy atom. The topological polar surface area (TPSA) is 68.5 Å². The molecule has 1 N–H and O–H groups in total. The number of thiazole rings is 1. The van der Waals surface area contributed by atoms with Crippen LogP contribution in [0.3, 0.4) is 0 Å². The van der Waals surface area contributed by atoms with Gasteiger partial charge in [-0.2, -0.15) is 4.68 Å². The highest BCUT2D eigenvalue weighted by atomic mass is 32.1. The van der Waals surface area contributed by atoms with E-state index in [2.05, 4.69) is 39.9 Å². The zero-order valence-corrected chi connectivity index (χ0v) is 14.5. The van der Waals surface area contributed by atoms with Crippen LogP contribution in [0.5, 0.6) is 0 Å². The minimum absolute atomic E-state index is 0.667. The van der Waals surface area contributed by atoms with Crippen LogP contribution in [0, 0.1) is 6.92 Å². The highest BCUT2D eigenvalue weighted by molar-refractivity contribution is 7.11. The normalized spacial score (nSPS) is 13.7. The minimum Gasteiger partial charge on any atom is -0.352 e. The van der Waals surface area contributed by atoms with E-state index in [0.29, 0.717) is 5.95 Å². The Hall–Kier alpha value is -2.28. The van der Waals surface area contributed by atoms with E-state index in [9.17, 15) is 0 Å². The Balaban J connectivity index is 1.41. The van der Waals surface area contributed by atoms with Gasteiger partial charge in [0.2, 0.25) is 5.95 Å². The van der Waals surface area contributed by atoms with Crippen LogP contribution in [0.2, 0.25) is 0 Å². The van der Waals surface area contributed by atoms with Crippen molar-refractivity contribution in [3.63, 3.8) is 0 Å². The summed E-state index contributed by atoms with van der Waals surface area (Å²) >= 11 is 1.87. The van der Waals surface area contributed by atoms with Gasteiger partial charge in [0.1, 0.15) is 0 Å². The fourth-order valence-corrected chi connectivity index (χ4v) is 4.11. The van der Waals surface area contributed by atoms with E-state index in [4.69, 9.17) is 4.98 Å². The second kappa shape index (κ2) is 6.68. The summed E-state index contributed by atoms with van der Waals surface area (Å²) in [5.41, 5.74) is 3.50. The van der Waals surface area contributed by atoms with Crippen LogP contribution >= 0.6 is 11.3 Å². The third-order valence-electron chi connectivity index (χ3n) is 4.26. The van der Waals surface area contributed by atoms with Crippen LogP contribution in [0.4, 0.5) is 5.95 Å². The average Bonchev–Trinajstić information content (AvgIpc) is 3.22. The number of hydrogen-bond donors (Lipinski definition) is 1. The van der Waals surface area contributed by atoms with Crippen molar-refractivity contribution < 1.29 is 0 Å². The molecule has 2 heterocycles. The maximum Gasteiger partial charge on any atom is 0.247 e. The molecule has 0 fully saturated rings. The molecule has 6 nitrogen and oxygen atoms in total. The molecule has 24 heavy (non-hydrogen) atoms. The van der Waals surface area contributed by atoms with Gasteiger partial charge in [-0.25, -0.2) is 4.98 Å². The van der Waals surface area contributed by atoms with Crippen LogP contribution < -0.4 is 5.32 Å². The molecule has 1 aliphatic carbocycles. The zero-order chi connectivity index (χ0) is 16.4. The standard InChI is InChI=1S/C17H20N6S/c1-12-6-8-13(9-7-12)23-17(20-21-22-23)18-11-10-16-19-14-4-2-3-5-15(14)24-16/h6-9H,2-5,10-11H2,1H3,(H,18,20,22). The van der Waals surface area contributed by atoms with Gasteiger partial charge >= 0.3 is 0 Å². The summed E-state index contributed by atoms with van der Waals surface area (Å²) in [6.07, 6.45) is 5.83. The molecule has 7 heteroatoms. The maximum absolute atomic E-state index is 4.78. The number of rotatable bonds is 5. The van der Waals surface area contributed by atoms with E-state index in [0.717, 1.165) is 25.1 Å². The van der Waals surface area contributed by atoms with E-state index in [1.165, 1.54) is 40.4 Å². The van der Waals surface area contributed by atoms with Gasteiger partial charge < -0.3 is 5.32 Å². The van der Waals surface area contributed by atoms with Crippen LogP contribution in [0.25, 0.3) is 5.69 Å². The Morgan fingerprint density at radius 1 is 1.17 bits per heavy atom. The lowest BCUT2D eigenvalue weighted by molar-refractivity contribution is 0.680. The predicted molar refractivity (Wildman–Crippen MR) is 94.8 cm³/mol. The monoisotopic (exact) mass is 340 g/mol. The van der Waals surface area contributed by atoms with Crippen LogP contribution in [0.15, 0.2) is 24.3 Å². The van der Waals surface area contributed by atoms with Gasteiger partial charge in [-0.15, -0.1) is 11.3 Å². The third-order valence-corrected chi connectivity index (χ3v) is 5.48. The number of benzene rings is 1. The van der Waals surface area contributed by atoms with Crippen molar-refractivity contribution in [2.24, 2.45) is 0 Å². The van der Waals surface area contributed by atoms with Crippen molar-refractivity contribution in [2.75, 3.05) is 11.9 Å². The minimum atomic E-state index is 0.667. The number of fused-ring (bicyclic) bond motifs is 1.